The number of benzene rings is 5. The molecule has 3 heteroatoms. The van der Waals surface area contributed by atoms with Gasteiger partial charge in [0, 0.05) is 16.8 Å². The predicted octanol–water partition coefficient (Wildman–Crippen LogP) is 8.43. The molecule has 0 fully saturated rings. The summed E-state index contributed by atoms with van der Waals surface area (Å²) in [6.07, 6.45) is 0. The van der Waals surface area contributed by atoms with Gasteiger partial charge >= 0.3 is 0 Å². The number of anilines is 3. The molecule has 5 rings (SSSR count). The van der Waals surface area contributed by atoms with Crippen LogP contribution in [0.3, 0.4) is 0 Å². The Kier molecular flexibility index (Phi) is 6.07. The average molecular weight is 458 g/mol. The fourth-order valence-corrected chi connectivity index (χ4v) is 4.69. The van der Waals surface area contributed by atoms with E-state index in [1.165, 1.54) is 10.8 Å². The van der Waals surface area contributed by atoms with Gasteiger partial charge in [-0.05, 0) is 72.0 Å². The Bertz CT molecular complexity index is 1560. The molecule has 0 saturated carbocycles. The summed E-state index contributed by atoms with van der Waals surface area (Å²) in [6, 6.07) is 37.9. The summed E-state index contributed by atoms with van der Waals surface area (Å²) in [4.78, 5) is 14.7. The third kappa shape index (κ3) is 4.29. The summed E-state index contributed by atoms with van der Waals surface area (Å²) >= 11 is 0. The van der Waals surface area contributed by atoms with Crippen LogP contribution in [-0.2, 0) is 9.53 Å². The van der Waals surface area contributed by atoms with E-state index in [1.54, 1.807) is 14.0 Å². The molecule has 0 aliphatic carbocycles. The van der Waals surface area contributed by atoms with Crippen molar-refractivity contribution in [2.75, 3.05) is 12.0 Å². The monoisotopic (exact) mass is 457 g/mol. The van der Waals surface area contributed by atoms with Crippen molar-refractivity contribution in [3.8, 4) is 0 Å². The van der Waals surface area contributed by atoms with Crippen molar-refractivity contribution in [1.29, 1.82) is 0 Å². The second kappa shape index (κ2) is 9.47. The Morgan fingerprint density at radius 2 is 1.37 bits per heavy atom. The van der Waals surface area contributed by atoms with Crippen molar-refractivity contribution in [3.63, 3.8) is 0 Å². The lowest BCUT2D eigenvalue weighted by atomic mass is 9.97. The molecular formula is C32H27NO2. The molecule has 35 heavy (non-hydrogen) atoms. The second-order valence-corrected chi connectivity index (χ2v) is 8.61. The van der Waals surface area contributed by atoms with Crippen LogP contribution in [-0.4, -0.2) is 12.9 Å². The molecule has 0 radical (unpaired) electrons. The smallest absolute Gasteiger partial charge is 0.163 e. The minimum atomic E-state index is -0.0125. The maximum Gasteiger partial charge on any atom is 0.163 e. The summed E-state index contributed by atoms with van der Waals surface area (Å²) < 4.78 is 5.41. The highest BCUT2D eigenvalue weighted by Crippen LogP contribution is 2.40. The van der Waals surface area contributed by atoms with Gasteiger partial charge in [0.2, 0.25) is 0 Å². The molecule has 0 aromatic heterocycles. The number of carbonyl (C=O) groups excluding carboxylic acids is 1. The van der Waals surface area contributed by atoms with Gasteiger partial charge in [0.25, 0.3) is 0 Å². The second-order valence-electron chi connectivity index (χ2n) is 8.61. The summed E-state index contributed by atoms with van der Waals surface area (Å²) in [5.74, 6) is 0.608. The normalized spacial score (nSPS) is 11.9. The third-order valence-corrected chi connectivity index (χ3v) is 6.40. The van der Waals surface area contributed by atoms with Gasteiger partial charge in [0.15, 0.2) is 5.78 Å². The van der Waals surface area contributed by atoms with E-state index in [2.05, 4.69) is 102 Å². The molecule has 3 nitrogen and oxygen atoms in total. The van der Waals surface area contributed by atoms with E-state index in [0.29, 0.717) is 11.3 Å². The van der Waals surface area contributed by atoms with Crippen LogP contribution < -0.4 is 4.90 Å². The van der Waals surface area contributed by atoms with Crippen LogP contribution in [0.15, 0.2) is 115 Å². The molecule has 0 unspecified atom stereocenters. The van der Waals surface area contributed by atoms with Gasteiger partial charge in [-0.1, -0.05) is 72.8 Å². The highest BCUT2D eigenvalue weighted by Gasteiger charge is 2.17. The number of hydrogen-bond donors (Lipinski definition) is 0. The molecule has 0 aliphatic heterocycles. The number of ether oxygens (including phenoxy) is 1. The summed E-state index contributed by atoms with van der Waals surface area (Å²) in [5.41, 5.74) is 4.71. The third-order valence-electron chi connectivity index (χ3n) is 6.40. The number of hydrogen-bond acceptors (Lipinski definition) is 3. The van der Waals surface area contributed by atoms with E-state index >= 15 is 0 Å². The van der Waals surface area contributed by atoms with Gasteiger partial charge in [-0.25, -0.2) is 0 Å². The molecule has 0 amide bonds. The molecule has 0 bridgehead atoms. The molecule has 172 valence electrons. The molecule has 0 saturated heterocycles. The van der Waals surface area contributed by atoms with Crippen molar-refractivity contribution in [1.82, 2.24) is 0 Å². The van der Waals surface area contributed by atoms with Crippen LogP contribution in [0.2, 0.25) is 0 Å². The maximum atomic E-state index is 12.4. The molecule has 5 aromatic carbocycles. The summed E-state index contributed by atoms with van der Waals surface area (Å²) in [5, 5.41) is 4.55. The topological polar surface area (TPSA) is 29.5 Å². The number of para-hydroxylation sites is 1. The Morgan fingerprint density at radius 3 is 2.14 bits per heavy atom. The van der Waals surface area contributed by atoms with Crippen LogP contribution >= 0.6 is 0 Å². The molecule has 0 atom stereocenters. The van der Waals surface area contributed by atoms with Crippen LogP contribution in [0, 0.1) is 0 Å². The first-order chi connectivity index (χ1) is 17.1. The first-order valence-corrected chi connectivity index (χ1v) is 11.7. The van der Waals surface area contributed by atoms with Crippen molar-refractivity contribution in [2.45, 2.75) is 13.8 Å². The quantitative estimate of drug-likeness (QED) is 0.189. The number of methoxy groups -OCH3 is 1. The molecule has 0 heterocycles. The minimum Gasteiger partial charge on any atom is -0.501 e. The number of nitrogens with zero attached hydrogens (tertiary/aromatic N) is 1. The predicted molar refractivity (Wildman–Crippen MR) is 146 cm³/mol. The number of fused-ring (bicyclic) bond motifs is 2. The molecule has 0 spiro atoms. The van der Waals surface area contributed by atoms with Crippen molar-refractivity contribution >= 4 is 50.0 Å². The number of Topliss-reactive ketones (excluding diaryl/α,β-unsaturated/α-hetero) is 1. The zero-order chi connectivity index (χ0) is 24.4. The Hall–Kier alpha value is -4.37. The van der Waals surface area contributed by atoms with E-state index < -0.39 is 0 Å². The Balaban J connectivity index is 1.72. The van der Waals surface area contributed by atoms with Gasteiger partial charge in [0.05, 0.1) is 18.4 Å². The summed E-state index contributed by atoms with van der Waals surface area (Å²) in [7, 11) is 1.60. The number of rotatable bonds is 6. The van der Waals surface area contributed by atoms with Gasteiger partial charge in [0.1, 0.15) is 5.76 Å². The SMILES string of the molecule is CO/C(C)=C(\C(C)=O)c1ccc2ccc(N(c3ccccc3)c3cccc4ccccc34)cc2c1. The van der Waals surface area contributed by atoms with Crippen molar-refractivity contribution in [2.24, 2.45) is 0 Å². The Morgan fingerprint density at radius 1 is 0.657 bits per heavy atom. The first kappa shape index (κ1) is 22.4. The zero-order valence-electron chi connectivity index (χ0n) is 20.2. The number of allylic oxidation sites excluding steroid dienone is 2. The molecular weight excluding hydrogens is 430 g/mol. The molecule has 0 aliphatic rings. The van der Waals surface area contributed by atoms with Gasteiger partial charge in [-0.2, -0.15) is 0 Å². The van der Waals surface area contributed by atoms with Crippen LogP contribution in [0.4, 0.5) is 17.1 Å². The van der Waals surface area contributed by atoms with E-state index in [-0.39, 0.29) is 5.78 Å². The largest absolute Gasteiger partial charge is 0.501 e. The van der Waals surface area contributed by atoms with Gasteiger partial charge in [-0.3, -0.25) is 4.79 Å². The fraction of sp³-hybridized carbons (Fsp3) is 0.0938. The van der Waals surface area contributed by atoms with Gasteiger partial charge in [-0.15, -0.1) is 0 Å². The van der Waals surface area contributed by atoms with Crippen molar-refractivity contribution < 1.29 is 9.53 Å². The van der Waals surface area contributed by atoms with E-state index in [9.17, 15) is 4.79 Å². The van der Waals surface area contributed by atoms with Gasteiger partial charge < -0.3 is 9.64 Å². The van der Waals surface area contributed by atoms with Crippen molar-refractivity contribution in [3.05, 3.63) is 121 Å². The lowest BCUT2D eigenvalue weighted by Crippen LogP contribution is -2.10. The highest BCUT2D eigenvalue weighted by molar-refractivity contribution is 6.20. The zero-order valence-corrected chi connectivity index (χ0v) is 20.2. The van der Waals surface area contributed by atoms with E-state index in [0.717, 1.165) is 33.4 Å². The molecule has 5 aromatic rings. The Labute approximate surface area is 205 Å². The first-order valence-electron chi connectivity index (χ1n) is 11.7. The number of carbonyl (C=O) groups is 1. The van der Waals surface area contributed by atoms with Crippen LogP contribution in [0.1, 0.15) is 19.4 Å². The highest BCUT2D eigenvalue weighted by atomic mass is 16.5. The van der Waals surface area contributed by atoms with E-state index in [4.69, 9.17) is 4.74 Å². The molecule has 0 N–H and O–H groups in total. The van der Waals surface area contributed by atoms with Crippen LogP contribution in [0.5, 0.6) is 0 Å². The lowest BCUT2D eigenvalue weighted by molar-refractivity contribution is -0.111. The minimum absolute atomic E-state index is 0.0125. The van der Waals surface area contributed by atoms with E-state index in [1.807, 2.05) is 19.1 Å². The number of ketones is 1. The standard InChI is InChI=1S/C32H27NO2/c1-22(34)32(23(2)35-3)26-17-16-24-18-19-29(21-27(24)20-26)33(28-12-5-4-6-13-28)31-15-9-11-25-10-7-8-14-30(25)31/h4-21H,1-3H3/b32-23+. The summed E-state index contributed by atoms with van der Waals surface area (Å²) in [6.45, 7) is 3.41. The lowest BCUT2D eigenvalue weighted by Gasteiger charge is -2.27. The maximum absolute atomic E-state index is 12.4. The van der Waals surface area contributed by atoms with Crippen LogP contribution in [0.25, 0.3) is 27.1 Å². The fourth-order valence-electron chi connectivity index (χ4n) is 4.69. The average Bonchev–Trinajstić information content (AvgIpc) is 2.89.